The van der Waals surface area contributed by atoms with E-state index in [9.17, 15) is 0 Å². The van der Waals surface area contributed by atoms with Gasteiger partial charge in [-0.15, -0.1) is 0 Å². The van der Waals surface area contributed by atoms with Gasteiger partial charge in [-0.2, -0.15) is 0 Å². The number of rotatable bonds is 5. The molecule has 0 bridgehead atoms. The molecule has 0 N–H and O–H groups in total. The number of ether oxygens (including phenoxy) is 1. The molecule has 0 saturated carbocycles. The third kappa shape index (κ3) is 3.23. The first-order chi connectivity index (χ1) is 13.7. The Hall–Kier alpha value is -2.91. The zero-order chi connectivity index (χ0) is 19.4. The van der Waals surface area contributed by atoms with Crippen LogP contribution in [0.5, 0.6) is 5.75 Å². The van der Waals surface area contributed by atoms with E-state index in [1.54, 1.807) is 7.11 Å². The monoisotopic (exact) mass is 429 g/mol. The van der Waals surface area contributed by atoms with Crippen molar-refractivity contribution in [2.24, 2.45) is 0 Å². The van der Waals surface area contributed by atoms with Crippen LogP contribution in [0.1, 0.15) is 22.3 Å². The second-order valence-electron chi connectivity index (χ2n) is 6.58. The van der Waals surface area contributed by atoms with E-state index in [0.29, 0.717) is 0 Å². The molecule has 3 heteroatoms. The average Bonchev–Trinajstić information content (AvgIpc) is 2.77. The SMILES string of the molecule is COc1ccc(C(c2ccccc2)(c2ccccc2)c2ccc(Br)nc2)cc1. The molecule has 0 saturated heterocycles. The van der Waals surface area contributed by atoms with Gasteiger partial charge < -0.3 is 4.74 Å². The number of methoxy groups -OCH3 is 1. The van der Waals surface area contributed by atoms with Crippen LogP contribution in [0.4, 0.5) is 0 Å². The molecule has 1 aromatic heterocycles. The molecule has 4 aromatic rings. The van der Waals surface area contributed by atoms with Crippen LogP contribution in [0, 0.1) is 0 Å². The Balaban J connectivity index is 2.09. The minimum absolute atomic E-state index is 0.484. The maximum Gasteiger partial charge on any atom is 0.118 e. The minimum atomic E-state index is -0.484. The molecule has 1 heterocycles. The van der Waals surface area contributed by atoms with Crippen molar-refractivity contribution in [3.05, 3.63) is 130 Å². The van der Waals surface area contributed by atoms with Gasteiger partial charge in [-0.25, -0.2) is 4.98 Å². The van der Waals surface area contributed by atoms with Gasteiger partial charge in [0.15, 0.2) is 0 Å². The summed E-state index contributed by atoms with van der Waals surface area (Å²) in [6.45, 7) is 0. The molecular weight excluding hydrogens is 410 g/mol. The van der Waals surface area contributed by atoms with Crippen molar-refractivity contribution in [2.45, 2.75) is 5.41 Å². The Bertz CT molecular complexity index is 990. The first-order valence-corrected chi connectivity index (χ1v) is 9.92. The Morgan fingerprint density at radius 2 is 1.14 bits per heavy atom. The van der Waals surface area contributed by atoms with Crippen molar-refractivity contribution in [1.29, 1.82) is 0 Å². The summed E-state index contributed by atoms with van der Waals surface area (Å²) in [6, 6.07) is 33.6. The zero-order valence-electron chi connectivity index (χ0n) is 15.5. The van der Waals surface area contributed by atoms with E-state index in [2.05, 4.69) is 87.6 Å². The van der Waals surface area contributed by atoms with E-state index >= 15 is 0 Å². The number of nitrogens with zero attached hydrogens (tertiary/aromatic N) is 1. The first kappa shape index (κ1) is 18.5. The predicted octanol–water partition coefficient (Wildman–Crippen LogP) is 6.24. The first-order valence-electron chi connectivity index (χ1n) is 9.13. The molecule has 0 radical (unpaired) electrons. The van der Waals surface area contributed by atoms with E-state index in [1.807, 2.05) is 36.5 Å². The highest BCUT2D eigenvalue weighted by Crippen LogP contribution is 2.45. The Kier molecular flexibility index (Phi) is 5.27. The normalized spacial score (nSPS) is 11.2. The van der Waals surface area contributed by atoms with Crippen molar-refractivity contribution in [2.75, 3.05) is 7.11 Å². The van der Waals surface area contributed by atoms with Crippen molar-refractivity contribution in [1.82, 2.24) is 4.98 Å². The van der Waals surface area contributed by atoms with Crippen LogP contribution in [-0.4, -0.2) is 12.1 Å². The van der Waals surface area contributed by atoms with Crippen LogP contribution in [0.15, 0.2) is 108 Å². The van der Waals surface area contributed by atoms with Gasteiger partial charge in [0.1, 0.15) is 10.4 Å². The van der Waals surface area contributed by atoms with E-state index in [-0.39, 0.29) is 0 Å². The van der Waals surface area contributed by atoms with Crippen molar-refractivity contribution >= 4 is 15.9 Å². The van der Waals surface area contributed by atoms with Crippen molar-refractivity contribution in [3.8, 4) is 5.75 Å². The standard InChI is InChI=1S/C25H20BrNO/c1-28-23-15-12-21(13-16-23)25(19-8-4-2-5-9-19,20-10-6-3-7-11-20)22-14-17-24(26)27-18-22/h2-18H,1H3. The van der Waals surface area contributed by atoms with E-state index in [0.717, 1.165) is 21.5 Å². The summed E-state index contributed by atoms with van der Waals surface area (Å²) in [5.41, 5.74) is 4.17. The molecule has 3 aromatic carbocycles. The van der Waals surface area contributed by atoms with Gasteiger partial charge in [-0.05, 0) is 56.4 Å². The van der Waals surface area contributed by atoms with E-state index < -0.39 is 5.41 Å². The van der Waals surface area contributed by atoms with Gasteiger partial charge in [0.25, 0.3) is 0 Å². The summed E-state index contributed by atoms with van der Waals surface area (Å²) in [5, 5.41) is 0. The van der Waals surface area contributed by atoms with Crippen molar-refractivity contribution in [3.63, 3.8) is 0 Å². The fourth-order valence-corrected chi connectivity index (χ4v) is 4.05. The van der Waals surface area contributed by atoms with Gasteiger partial charge >= 0.3 is 0 Å². The molecule has 0 amide bonds. The number of halogens is 1. The molecule has 0 fully saturated rings. The van der Waals surface area contributed by atoms with Crippen LogP contribution < -0.4 is 4.74 Å². The summed E-state index contributed by atoms with van der Waals surface area (Å²) in [4.78, 5) is 4.55. The molecule has 28 heavy (non-hydrogen) atoms. The summed E-state index contributed by atoms with van der Waals surface area (Å²) < 4.78 is 6.22. The minimum Gasteiger partial charge on any atom is -0.497 e. The van der Waals surface area contributed by atoms with Gasteiger partial charge in [0, 0.05) is 6.20 Å². The fraction of sp³-hybridized carbons (Fsp3) is 0.0800. The molecule has 0 spiro atoms. The molecule has 0 aliphatic carbocycles. The Morgan fingerprint density at radius 3 is 1.61 bits per heavy atom. The molecule has 4 rings (SSSR count). The number of aromatic nitrogens is 1. The van der Waals surface area contributed by atoms with E-state index in [4.69, 9.17) is 4.74 Å². The van der Waals surface area contributed by atoms with Gasteiger partial charge in [0.2, 0.25) is 0 Å². The molecule has 0 aliphatic rings. The van der Waals surface area contributed by atoms with Crippen LogP contribution in [0.2, 0.25) is 0 Å². The maximum atomic E-state index is 5.40. The van der Waals surface area contributed by atoms with Gasteiger partial charge in [-0.1, -0.05) is 78.9 Å². The predicted molar refractivity (Wildman–Crippen MR) is 117 cm³/mol. The molecule has 0 atom stereocenters. The van der Waals surface area contributed by atoms with Crippen LogP contribution in [0.25, 0.3) is 0 Å². The summed E-state index contributed by atoms with van der Waals surface area (Å²) >= 11 is 3.47. The quantitative estimate of drug-likeness (QED) is 0.276. The molecule has 0 aliphatic heterocycles. The van der Waals surface area contributed by atoms with Crippen LogP contribution in [-0.2, 0) is 5.41 Å². The van der Waals surface area contributed by atoms with Crippen molar-refractivity contribution < 1.29 is 4.74 Å². The second kappa shape index (κ2) is 7.99. The van der Waals surface area contributed by atoms with Gasteiger partial charge in [0.05, 0.1) is 12.5 Å². The third-order valence-corrected chi connectivity index (χ3v) is 5.57. The Labute approximate surface area is 174 Å². The number of pyridine rings is 1. The van der Waals surface area contributed by atoms with Crippen LogP contribution >= 0.6 is 15.9 Å². The van der Waals surface area contributed by atoms with E-state index in [1.165, 1.54) is 11.1 Å². The summed E-state index contributed by atoms with van der Waals surface area (Å²) in [7, 11) is 1.69. The largest absolute Gasteiger partial charge is 0.497 e. The molecule has 2 nitrogen and oxygen atoms in total. The lowest BCUT2D eigenvalue weighted by atomic mass is 9.65. The fourth-order valence-electron chi connectivity index (χ4n) is 3.81. The van der Waals surface area contributed by atoms with Crippen LogP contribution in [0.3, 0.4) is 0 Å². The maximum absolute atomic E-state index is 5.40. The zero-order valence-corrected chi connectivity index (χ0v) is 17.1. The Morgan fingerprint density at radius 1 is 0.643 bits per heavy atom. The summed E-state index contributed by atoms with van der Waals surface area (Å²) in [5.74, 6) is 0.840. The third-order valence-electron chi connectivity index (χ3n) is 5.10. The van der Waals surface area contributed by atoms with Gasteiger partial charge in [-0.3, -0.25) is 0 Å². The summed E-state index contributed by atoms with van der Waals surface area (Å²) in [6.07, 6.45) is 1.95. The lowest BCUT2D eigenvalue weighted by molar-refractivity contribution is 0.414. The highest BCUT2D eigenvalue weighted by Gasteiger charge is 2.38. The highest BCUT2D eigenvalue weighted by molar-refractivity contribution is 9.10. The highest BCUT2D eigenvalue weighted by atomic mass is 79.9. The smallest absolute Gasteiger partial charge is 0.118 e. The lowest BCUT2D eigenvalue weighted by Gasteiger charge is -2.36. The topological polar surface area (TPSA) is 22.1 Å². The number of benzene rings is 3. The molecule has 138 valence electrons. The molecule has 0 unspecified atom stereocenters. The number of hydrogen-bond acceptors (Lipinski definition) is 2. The number of hydrogen-bond donors (Lipinski definition) is 0. The second-order valence-corrected chi connectivity index (χ2v) is 7.39. The lowest BCUT2D eigenvalue weighted by Crippen LogP contribution is -2.31. The molecular formula is C25H20BrNO. The average molecular weight is 430 g/mol.